The molecule has 1 aliphatic rings. The monoisotopic (exact) mass is 1160 g/mol. The van der Waals surface area contributed by atoms with Crippen LogP contribution < -0.4 is 5.32 Å². The van der Waals surface area contributed by atoms with Gasteiger partial charge in [0, 0.05) is 12.8 Å². The molecule has 0 aromatic rings. The predicted octanol–water partition coefficient (Wildman–Crippen LogP) is 17.3. The first-order valence-corrected chi connectivity index (χ1v) is 34.6. The summed E-state index contributed by atoms with van der Waals surface area (Å²) in [5.74, 6) is -0.200. The number of unbranched alkanes of at least 4 members (excludes halogenated alkanes) is 38. The minimum Gasteiger partial charge on any atom is -0.466 e. The van der Waals surface area contributed by atoms with Crippen LogP contribution in [0.25, 0.3) is 0 Å². The Labute approximate surface area is 503 Å². The Morgan fingerprint density at radius 2 is 0.829 bits per heavy atom. The second kappa shape index (κ2) is 60.1. The molecule has 11 nitrogen and oxygen atoms in total. The van der Waals surface area contributed by atoms with Gasteiger partial charge in [-0.05, 0) is 103 Å². The van der Waals surface area contributed by atoms with Crippen LogP contribution in [0.3, 0.4) is 0 Å². The average molecular weight is 1160 g/mol. The summed E-state index contributed by atoms with van der Waals surface area (Å²) in [5, 5.41) is 54.4. The normalized spacial score (nSPS) is 18.5. The highest BCUT2D eigenvalue weighted by atomic mass is 16.7. The van der Waals surface area contributed by atoms with Gasteiger partial charge in [0.25, 0.3) is 0 Å². The molecular formula is C71H129NO10. The zero-order valence-corrected chi connectivity index (χ0v) is 52.9. The molecule has 0 saturated carbocycles. The molecule has 1 heterocycles. The van der Waals surface area contributed by atoms with Crippen LogP contribution in [0.4, 0.5) is 0 Å². The Bertz CT molecular complexity index is 1550. The molecule has 1 saturated heterocycles. The first-order chi connectivity index (χ1) is 40.2. The molecule has 0 aromatic carbocycles. The summed E-state index contributed by atoms with van der Waals surface area (Å²) in [5.41, 5.74) is 0. The van der Waals surface area contributed by atoms with Crippen molar-refractivity contribution in [3.8, 4) is 0 Å². The first kappa shape index (κ1) is 77.4. The summed E-state index contributed by atoms with van der Waals surface area (Å²) in [6.45, 7) is 4.31. The van der Waals surface area contributed by atoms with E-state index in [0.717, 1.165) is 64.2 Å². The van der Waals surface area contributed by atoms with Gasteiger partial charge in [-0.15, -0.1) is 0 Å². The Kier molecular flexibility index (Phi) is 56.7. The van der Waals surface area contributed by atoms with Gasteiger partial charge in [-0.3, -0.25) is 9.59 Å². The standard InChI is InChI=1S/C71H129NO10/c1-3-5-7-9-11-13-15-34-37-41-45-49-53-57-64(74)63(62-81-71-70(79)69(78)68(77)65(61-73)82-71)72-66(75)58-54-50-46-42-38-35-32-30-28-26-24-22-20-18-17-19-21-23-25-27-29-31-33-36-40-44-48-52-56-60-80-67(76)59-55-51-47-43-39-16-14-12-10-8-6-4-2/h12,14,17,19,23,25,37,41,53,57,63-65,68-71,73-74,77-79H,3-11,13,15-16,18,20-22,24,26-36,38-40,42-52,54-56,58-62H2,1-2H3,(H,72,75)/b14-12-,19-17-,25-23-,41-37+,57-53+. The zero-order chi connectivity index (χ0) is 59.5. The Balaban J connectivity index is 2.01. The molecule has 1 aliphatic heterocycles. The lowest BCUT2D eigenvalue weighted by molar-refractivity contribution is -0.302. The number of amides is 1. The van der Waals surface area contributed by atoms with Crippen molar-refractivity contribution in [3.63, 3.8) is 0 Å². The highest BCUT2D eigenvalue weighted by Crippen LogP contribution is 2.23. The lowest BCUT2D eigenvalue weighted by Gasteiger charge is -2.40. The molecule has 6 N–H and O–H groups in total. The Morgan fingerprint density at radius 3 is 1.30 bits per heavy atom. The van der Waals surface area contributed by atoms with E-state index in [4.69, 9.17) is 14.2 Å². The molecule has 0 aromatic heterocycles. The number of carbonyl (C=O) groups is 2. The molecule has 1 fully saturated rings. The molecule has 0 spiro atoms. The number of aliphatic hydroxyl groups excluding tert-OH is 5. The van der Waals surface area contributed by atoms with Crippen molar-refractivity contribution in [2.45, 2.75) is 358 Å². The number of hydrogen-bond acceptors (Lipinski definition) is 10. The molecule has 1 rings (SSSR count). The topological polar surface area (TPSA) is 175 Å². The summed E-state index contributed by atoms with van der Waals surface area (Å²) in [7, 11) is 0. The van der Waals surface area contributed by atoms with Gasteiger partial charge < -0.3 is 45.1 Å². The van der Waals surface area contributed by atoms with E-state index in [1.165, 1.54) is 225 Å². The van der Waals surface area contributed by atoms with E-state index in [2.05, 4.69) is 67.8 Å². The van der Waals surface area contributed by atoms with Crippen molar-refractivity contribution < 1.29 is 49.3 Å². The van der Waals surface area contributed by atoms with Crippen LogP contribution in [0.1, 0.15) is 316 Å². The third-order valence-corrected chi connectivity index (χ3v) is 16.1. The molecule has 0 aliphatic carbocycles. The Morgan fingerprint density at radius 1 is 0.451 bits per heavy atom. The van der Waals surface area contributed by atoms with Gasteiger partial charge in [0.2, 0.25) is 5.91 Å². The third-order valence-electron chi connectivity index (χ3n) is 16.1. The number of carbonyl (C=O) groups excluding carboxylic acids is 2. The third kappa shape index (κ3) is 48.6. The fourth-order valence-corrected chi connectivity index (χ4v) is 10.6. The van der Waals surface area contributed by atoms with Crippen LogP contribution in [0, 0.1) is 0 Å². The minimum absolute atomic E-state index is 0.00744. The van der Waals surface area contributed by atoms with Crippen LogP contribution in [-0.4, -0.2) is 100 Å². The van der Waals surface area contributed by atoms with Crippen LogP contribution in [0.15, 0.2) is 60.8 Å². The van der Waals surface area contributed by atoms with Crippen LogP contribution in [0.2, 0.25) is 0 Å². The summed E-state index contributed by atoms with van der Waals surface area (Å²) < 4.78 is 16.7. The van der Waals surface area contributed by atoms with Crippen molar-refractivity contribution in [3.05, 3.63) is 60.8 Å². The lowest BCUT2D eigenvalue weighted by Crippen LogP contribution is -2.60. The van der Waals surface area contributed by atoms with Crippen LogP contribution in [0.5, 0.6) is 0 Å². The summed E-state index contributed by atoms with van der Waals surface area (Å²) in [4.78, 5) is 25.1. The highest BCUT2D eigenvalue weighted by molar-refractivity contribution is 5.76. The number of hydrogen-bond donors (Lipinski definition) is 6. The fraction of sp³-hybridized carbons (Fsp3) is 0.831. The van der Waals surface area contributed by atoms with Gasteiger partial charge in [0.15, 0.2) is 6.29 Å². The number of ether oxygens (including phenoxy) is 3. The van der Waals surface area contributed by atoms with Crippen molar-refractivity contribution >= 4 is 11.9 Å². The predicted molar refractivity (Wildman–Crippen MR) is 343 cm³/mol. The fourth-order valence-electron chi connectivity index (χ4n) is 10.6. The first-order valence-electron chi connectivity index (χ1n) is 34.6. The van der Waals surface area contributed by atoms with Crippen molar-refractivity contribution in [2.75, 3.05) is 19.8 Å². The Hall–Kier alpha value is -2.64. The molecule has 11 heteroatoms. The van der Waals surface area contributed by atoms with Crippen molar-refractivity contribution in [2.24, 2.45) is 0 Å². The number of rotatable bonds is 60. The molecule has 7 unspecified atom stereocenters. The summed E-state index contributed by atoms with van der Waals surface area (Å²) in [6, 6.07) is -0.829. The number of esters is 1. The van der Waals surface area contributed by atoms with Gasteiger partial charge in [0.1, 0.15) is 24.4 Å². The van der Waals surface area contributed by atoms with E-state index in [9.17, 15) is 35.1 Å². The quantitative estimate of drug-likeness (QED) is 0.0195. The molecule has 0 bridgehead atoms. The van der Waals surface area contributed by atoms with Gasteiger partial charge in [-0.2, -0.15) is 0 Å². The van der Waals surface area contributed by atoms with E-state index in [1.54, 1.807) is 6.08 Å². The van der Waals surface area contributed by atoms with E-state index in [0.29, 0.717) is 19.4 Å². The molecule has 478 valence electrons. The zero-order valence-electron chi connectivity index (χ0n) is 52.9. The van der Waals surface area contributed by atoms with E-state index in [1.807, 2.05) is 6.08 Å². The van der Waals surface area contributed by atoms with Crippen molar-refractivity contribution in [1.29, 1.82) is 0 Å². The number of aliphatic hydroxyl groups is 5. The van der Waals surface area contributed by atoms with Gasteiger partial charge in [-0.1, -0.05) is 261 Å². The largest absolute Gasteiger partial charge is 0.466 e. The summed E-state index contributed by atoms with van der Waals surface area (Å²) in [6.07, 6.45) is 69.2. The van der Waals surface area contributed by atoms with E-state index < -0.39 is 49.5 Å². The van der Waals surface area contributed by atoms with E-state index >= 15 is 0 Å². The second-order valence-electron chi connectivity index (χ2n) is 23.9. The minimum atomic E-state index is -1.58. The maximum atomic E-state index is 13.1. The van der Waals surface area contributed by atoms with E-state index in [-0.39, 0.29) is 18.5 Å². The van der Waals surface area contributed by atoms with Gasteiger partial charge in [-0.25, -0.2) is 0 Å². The maximum absolute atomic E-state index is 13.1. The molecule has 7 atom stereocenters. The lowest BCUT2D eigenvalue weighted by atomic mass is 9.99. The van der Waals surface area contributed by atoms with Crippen LogP contribution >= 0.6 is 0 Å². The molecular weight excluding hydrogens is 1030 g/mol. The second-order valence-corrected chi connectivity index (χ2v) is 23.9. The summed E-state index contributed by atoms with van der Waals surface area (Å²) >= 11 is 0. The highest BCUT2D eigenvalue weighted by Gasteiger charge is 2.44. The van der Waals surface area contributed by atoms with Gasteiger partial charge >= 0.3 is 5.97 Å². The average Bonchev–Trinajstić information content (AvgIpc) is 3.61. The molecule has 82 heavy (non-hydrogen) atoms. The maximum Gasteiger partial charge on any atom is 0.305 e. The molecule has 0 radical (unpaired) electrons. The van der Waals surface area contributed by atoms with Crippen LogP contribution in [-0.2, 0) is 23.8 Å². The number of allylic oxidation sites excluding steroid dienone is 9. The van der Waals surface area contributed by atoms with Crippen molar-refractivity contribution in [1.82, 2.24) is 5.32 Å². The SMILES string of the molecule is CCCCC/C=C\CCCCCCCC(=O)OCCCCCCCCCCC/C=C\C/C=C\CCCCCCCCCCCCCCCC(=O)NC(COC1OC(CO)C(O)C(O)C1O)C(O)/C=C/CC/C=C/CCCCCCCCC. The number of nitrogens with one attached hydrogen (secondary N) is 1. The van der Waals surface area contributed by atoms with Gasteiger partial charge in [0.05, 0.1) is 32.0 Å². The smallest absolute Gasteiger partial charge is 0.305 e. The molecule has 1 amide bonds.